The highest BCUT2D eigenvalue weighted by atomic mass is 16.5. The van der Waals surface area contributed by atoms with Crippen LogP contribution in [0.2, 0.25) is 0 Å². The lowest BCUT2D eigenvalue weighted by Gasteiger charge is -2.35. The van der Waals surface area contributed by atoms with Crippen LogP contribution in [0.15, 0.2) is 28.8 Å². The zero-order valence-corrected chi connectivity index (χ0v) is 15.2. The third-order valence-corrected chi connectivity index (χ3v) is 5.41. The van der Waals surface area contributed by atoms with Crippen LogP contribution in [0, 0.1) is 6.92 Å². The van der Waals surface area contributed by atoms with E-state index in [1.54, 1.807) is 6.92 Å². The number of aryl methyl sites for hydroxylation is 1. The Morgan fingerprint density at radius 3 is 2.69 bits per heavy atom. The maximum absolute atomic E-state index is 13.3. The van der Waals surface area contributed by atoms with Crippen LogP contribution in [0.1, 0.15) is 29.5 Å². The molecular weight excluding hydrogens is 332 g/mol. The molecule has 138 valence electrons. The third-order valence-electron chi connectivity index (χ3n) is 5.41. The fourth-order valence-corrected chi connectivity index (χ4v) is 4.02. The Kier molecular flexibility index (Phi) is 4.74. The van der Waals surface area contributed by atoms with Crippen molar-refractivity contribution in [1.29, 1.82) is 0 Å². The molecule has 0 radical (unpaired) electrons. The zero-order valence-electron chi connectivity index (χ0n) is 15.2. The van der Waals surface area contributed by atoms with Crippen LogP contribution in [0.4, 0.5) is 0 Å². The number of morpholine rings is 1. The van der Waals surface area contributed by atoms with Crippen LogP contribution in [0.5, 0.6) is 0 Å². The first-order valence-corrected chi connectivity index (χ1v) is 9.17. The largest absolute Gasteiger partial charge is 0.379 e. The second-order valence-electron chi connectivity index (χ2n) is 6.94. The number of likely N-dealkylation sites (tertiary alicyclic amines) is 1. The van der Waals surface area contributed by atoms with Gasteiger partial charge >= 0.3 is 0 Å². The Morgan fingerprint density at radius 1 is 1.19 bits per heavy atom. The van der Waals surface area contributed by atoms with Crippen molar-refractivity contribution < 1.29 is 14.1 Å². The van der Waals surface area contributed by atoms with Crippen LogP contribution < -0.4 is 0 Å². The van der Waals surface area contributed by atoms with E-state index in [2.05, 4.69) is 22.0 Å². The van der Waals surface area contributed by atoms with Gasteiger partial charge in [0.2, 0.25) is 0 Å². The molecule has 3 heterocycles. The molecule has 7 nitrogen and oxygen atoms in total. The predicted molar refractivity (Wildman–Crippen MR) is 95.8 cm³/mol. The van der Waals surface area contributed by atoms with Crippen molar-refractivity contribution in [2.24, 2.45) is 0 Å². The molecule has 0 bridgehead atoms. The molecule has 2 aromatic rings. The SMILES string of the molecule is Cc1noc(-c2ccccc2C(=O)N2CC[C@@H](N3CCOCC3)[C@H]2C)n1. The monoisotopic (exact) mass is 356 g/mol. The molecule has 7 heteroatoms. The van der Waals surface area contributed by atoms with Crippen LogP contribution >= 0.6 is 0 Å². The molecule has 2 aliphatic rings. The molecule has 2 fully saturated rings. The maximum Gasteiger partial charge on any atom is 0.258 e. The standard InChI is InChI=1S/C19H24N4O3/c1-13-17(22-9-11-25-12-10-22)7-8-23(13)19(24)16-6-4-3-5-15(16)18-20-14(2)21-26-18/h3-6,13,17H,7-12H2,1-2H3/t13-,17-/m1/s1. The van der Waals surface area contributed by atoms with E-state index in [1.165, 1.54) is 0 Å². The Morgan fingerprint density at radius 2 is 1.96 bits per heavy atom. The van der Waals surface area contributed by atoms with Gasteiger partial charge in [-0.25, -0.2) is 0 Å². The average Bonchev–Trinajstić information content (AvgIpc) is 3.28. The maximum atomic E-state index is 13.3. The van der Waals surface area contributed by atoms with Crippen molar-refractivity contribution in [3.8, 4) is 11.5 Å². The first-order valence-electron chi connectivity index (χ1n) is 9.17. The van der Waals surface area contributed by atoms with Crippen molar-refractivity contribution >= 4 is 5.91 Å². The zero-order chi connectivity index (χ0) is 18.1. The topological polar surface area (TPSA) is 71.7 Å². The quantitative estimate of drug-likeness (QED) is 0.837. The van der Waals surface area contributed by atoms with Crippen molar-refractivity contribution in [2.45, 2.75) is 32.4 Å². The normalized spacial score (nSPS) is 24.2. The third kappa shape index (κ3) is 3.12. The summed E-state index contributed by atoms with van der Waals surface area (Å²) in [6, 6.07) is 8.01. The molecule has 4 rings (SSSR count). The van der Waals surface area contributed by atoms with Crippen LogP contribution in [0.3, 0.4) is 0 Å². The number of carbonyl (C=O) groups is 1. The summed E-state index contributed by atoms with van der Waals surface area (Å²) in [5, 5.41) is 3.85. The van der Waals surface area contributed by atoms with Crippen molar-refractivity contribution in [3.05, 3.63) is 35.7 Å². The van der Waals surface area contributed by atoms with Crippen molar-refractivity contribution in [1.82, 2.24) is 19.9 Å². The van der Waals surface area contributed by atoms with Gasteiger partial charge in [-0.3, -0.25) is 9.69 Å². The molecule has 0 saturated carbocycles. The van der Waals surface area contributed by atoms with Gasteiger partial charge in [-0.05, 0) is 32.4 Å². The summed E-state index contributed by atoms with van der Waals surface area (Å²) < 4.78 is 10.8. The molecule has 1 aromatic heterocycles. The van der Waals surface area contributed by atoms with E-state index in [0.717, 1.165) is 39.3 Å². The molecule has 2 atom stereocenters. The second kappa shape index (κ2) is 7.17. The van der Waals surface area contributed by atoms with Gasteiger partial charge in [-0.2, -0.15) is 4.98 Å². The summed E-state index contributed by atoms with van der Waals surface area (Å²) >= 11 is 0. The summed E-state index contributed by atoms with van der Waals surface area (Å²) in [4.78, 5) is 22.0. The van der Waals surface area contributed by atoms with Crippen LogP contribution in [-0.2, 0) is 4.74 Å². The van der Waals surface area contributed by atoms with Gasteiger partial charge in [0.1, 0.15) is 0 Å². The highest BCUT2D eigenvalue weighted by Crippen LogP contribution is 2.29. The molecule has 1 aromatic carbocycles. The van der Waals surface area contributed by atoms with Gasteiger partial charge in [0.25, 0.3) is 11.8 Å². The highest BCUT2D eigenvalue weighted by Gasteiger charge is 2.38. The molecule has 1 amide bonds. The van der Waals surface area contributed by atoms with Gasteiger partial charge in [0.05, 0.1) is 24.3 Å². The van der Waals surface area contributed by atoms with Crippen molar-refractivity contribution in [3.63, 3.8) is 0 Å². The number of nitrogens with zero attached hydrogens (tertiary/aromatic N) is 4. The first-order chi connectivity index (χ1) is 12.6. The number of hydrogen-bond acceptors (Lipinski definition) is 6. The lowest BCUT2D eigenvalue weighted by Crippen LogP contribution is -2.49. The Bertz CT molecular complexity index is 785. The van der Waals surface area contributed by atoms with E-state index in [-0.39, 0.29) is 11.9 Å². The molecule has 0 unspecified atom stereocenters. The van der Waals surface area contributed by atoms with Crippen LogP contribution in [-0.4, -0.2) is 70.8 Å². The van der Waals surface area contributed by atoms with E-state index >= 15 is 0 Å². The Hall–Kier alpha value is -2.25. The number of ether oxygens (including phenoxy) is 1. The highest BCUT2D eigenvalue weighted by molar-refractivity contribution is 6.00. The van der Waals surface area contributed by atoms with E-state index in [4.69, 9.17) is 9.26 Å². The van der Waals surface area contributed by atoms with Gasteiger partial charge in [0, 0.05) is 31.7 Å². The predicted octanol–water partition coefficient (Wildman–Crippen LogP) is 1.98. The molecule has 0 aliphatic carbocycles. The van der Waals surface area contributed by atoms with Gasteiger partial charge in [-0.15, -0.1) is 0 Å². The number of aromatic nitrogens is 2. The first kappa shape index (κ1) is 17.2. The molecule has 0 spiro atoms. The van der Waals surface area contributed by atoms with E-state index < -0.39 is 0 Å². The fraction of sp³-hybridized carbons (Fsp3) is 0.526. The summed E-state index contributed by atoms with van der Waals surface area (Å²) in [5.74, 6) is 0.979. The number of amides is 1. The molecule has 2 aliphatic heterocycles. The summed E-state index contributed by atoms with van der Waals surface area (Å²) in [6.45, 7) is 8.10. The van der Waals surface area contributed by atoms with Gasteiger partial charge in [0.15, 0.2) is 5.82 Å². The number of rotatable bonds is 3. The lowest BCUT2D eigenvalue weighted by molar-refractivity contribution is 0.0104. The number of benzene rings is 1. The van der Waals surface area contributed by atoms with Gasteiger partial charge in [-0.1, -0.05) is 17.3 Å². The van der Waals surface area contributed by atoms with Gasteiger partial charge < -0.3 is 14.2 Å². The minimum atomic E-state index is 0.0275. The molecule has 2 saturated heterocycles. The number of hydrogen-bond donors (Lipinski definition) is 0. The number of carbonyl (C=O) groups excluding carboxylic acids is 1. The minimum absolute atomic E-state index is 0.0275. The summed E-state index contributed by atoms with van der Waals surface area (Å²) in [6.07, 6.45) is 0.995. The van der Waals surface area contributed by atoms with E-state index in [9.17, 15) is 4.79 Å². The minimum Gasteiger partial charge on any atom is -0.379 e. The molecular formula is C19H24N4O3. The Balaban J connectivity index is 1.57. The second-order valence-corrected chi connectivity index (χ2v) is 6.94. The fourth-order valence-electron chi connectivity index (χ4n) is 4.02. The molecule has 26 heavy (non-hydrogen) atoms. The Labute approximate surface area is 152 Å². The van der Waals surface area contributed by atoms with Crippen LogP contribution in [0.25, 0.3) is 11.5 Å². The lowest BCUT2D eigenvalue weighted by atomic mass is 10.0. The van der Waals surface area contributed by atoms with E-state index in [0.29, 0.717) is 28.9 Å². The smallest absolute Gasteiger partial charge is 0.258 e. The summed E-state index contributed by atoms with van der Waals surface area (Å²) in [7, 11) is 0. The average molecular weight is 356 g/mol. The van der Waals surface area contributed by atoms with Crippen molar-refractivity contribution in [2.75, 3.05) is 32.8 Å². The summed E-state index contributed by atoms with van der Waals surface area (Å²) in [5.41, 5.74) is 1.31. The molecule has 0 N–H and O–H groups in total. The van der Waals surface area contributed by atoms with E-state index in [1.807, 2.05) is 29.2 Å².